The van der Waals surface area contributed by atoms with Gasteiger partial charge < -0.3 is 0 Å². The molecule has 0 saturated heterocycles. The number of aromatic nitrogens is 2. The maximum atomic E-state index is 8.68. The first-order valence-electron chi connectivity index (χ1n) is 7.10. The van der Waals surface area contributed by atoms with Gasteiger partial charge in [0.2, 0.25) is 5.82 Å². The highest BCUT2D eigenvalue weighted by atomic mass is 32.2. The van der Waals surface area contributed by atoms with Crippen LogP contribution in [0.1, 0.15) is 42.8 Å². The number of hydrogen-bond donors (Lipinski definition) is 0. The average Bonchev–Trinajstić information content (AvgIpc) is 2.53. The van der Waals surface area contributed by atoms with Gasteiger partial charge in [0, 0.05) is 22.9 Å². The molecular formula is C18H15N3S. The Morgan fingerprint density at radius 3 is 2.59 bits per heavy atom. The number of fused-ring (bicyclic) bond motifs is 1. The minimum atomic E-state index is 0.165. The molecule has 1 aliphatic heterocycles. The van der Waals surface area contributed by atoms with Crippen molar-refractivity contribution in [2.24, 2.45) is 0 Å². The minimum absolute atomic E-state index is 0.165. The Kier molecular flexibility index (Phi) is 3.88. The third kappa shape index (κ3) is 2.98. The van der Waals surface area contributed by atoms with Crippen LogP contribution >= 0.6 is 11.8 Å². The monoisotopic (exact) mass is 305 g/mol. The number of thioether (sulfide) groups is 1. The standard InChI is InChI=1S/C18H15N3S/c1-18(2)7-8-22-16-6-5-13(9-15(16)18)3-4-14-11-20-17(10-19)21-12-14/h5-6,9,11-12H,7-8H2,1-2H3. The quantitative estimate of drug-likeness (QED) is 0.699. The summed E-state index contributed by atoms with van der Waals surface area (Å²) in [5.41, 5.74) is 3.30. The van der Waals surface area contributed by atoms with Crippen molar-refractivity contribution < 1.29 is 0 Å². The zero-order valence-electron chi connectivity index (χ0n) is 12.6. The smallest absolute Gasteiger partial charge is 0.226 e. The maximum absolute atomic E-state index is 8.68. The molecule has 0 atom stereocenters. The van der Waals surface area contributed by atoms with E-state index >= 15 is 0 Å². The van der Waals surface area contributed by atoms with Crippen LogP contribution in [-0.4, -0.2) is 15.7 Å². The van der Waals surface area contributed by atoms with Crippen molar-refractivity contribution in [2.75, 3.05) is 5.75 Å². The summed E-state index contributed by atoms with van der Waals surface area (Å²) in [6, 6.07) is 8.32. The summed E-state index contributed by atoms with van der Waals surface area (Å²) in [5.74, 6) is 7.56. The molecule has 3 rings (SSSR count). The van der Waals surface area contributed by atoms with E-state index in [4.69, 9.17) is 5.26 Å². The van der Waals surface area contributed by atoms with E-state index in [1.165, 1.54) is 22.6 Å². The van der Waals surface area contributed by atoms with E-state index in [0.717, 1.165) is 5.56 Å². The number of benzene rings is 1. The van der Waals surface area contributed by atoms with Gasteiger partial charge in [-0.1, -0.05) is 25.7 Å². The van der Waals surface area contributed by atoms with Gasteiger partial charge in [-0.2, -0.15) is 5.26 Å². The lowest BCUT2D eigenvalue weighted by Crippen LogP contribution is -2.22. The van der Waals surface area contributed by atoms with Gasteiger partial charge in [0.05, 0.1) is 5.56 Å². The van der Waals surface area contributed by atoms with E-state index in [9.17, 15) is 0 Å². The van der Waals surface area contributed by atoms with Crippen LogP contribution in [0.4, 0.5) is 0 Å². The Balaban J connectivity index is 1.91. The molecule has 2 heterocycles. The number of nitriles is 1. The zero-order valence-corrected chi connectivity index (χ0v) is 13.4. The van der Waals surface area contributed by atoms with Gasteiger partial charge in [0.1, 0.15) is 6.07 Å². The van der Waals surface area contributed by atoms with Crippen molar-refractivity contribution in [3.63, 3.8) is 0 Å². The Hall–Kier alpha value is -2.30. The summed E-state index contributed by atoms with van der Waals surface area (Å²) in [6.07, 6.45) is 4.35. The summed E-state index contributed by atoms with van der Waals surface area (Å²) in [7, 11) is 0. The molecule has 0 bridgehead atoms. The van der Waals surface area contributed by atoms with Crippen molar-refractivity contribution in [1.29, 1.82) is 5.26 Å². The van der Waals surface area contributed by atoms with E-state index in [1.807, 2.05) is 17.8 Å². The van der Waals surface area contributed by atoms with Crippen LogP contribution < -0.4 is 0 Å². The number of hydrogen-bond acceptors (Lipinski definition) is 4. The molecule has 0 radical (unpaired) electrons. The van der Waals surface area contributed by atoms with Gasteiger partial charge >= 0.3 is 0 Å². The molecule has 0 fully saturated rings. The first kappa shape index (κ1) is 14.6. The van der Waals surface area contributed by atoms with Crippen LogP contribution in [0.15, 0.2) is 35.5 Å². The molecular weight excluding hydrogens is 290 g/mol. The van der Waals surface area contributed by atoms with Gasteiger partial charge in [-0.05, 0) is 41.4 Å². The van der Waals surface area contributed by atoms with Crippen LogP contribution in [0.3, 0.4) is 0 Å². The summed E-state index contributed by atoms with van der Waals surface area (Å²) in [6.45, 7) is 4.58. The Morgan fingerprint density at radius 1 is 1.14 bits per heavy atom. The molecule has 108 valence electrons. The lowest BCUT2D eigenvalue weighted by molar-refractivity contribution is 0.494. The molecule has 22 heavy (non-hydrogen) atoms. The van der Waals surface area contributed by atoms with Gasteiger partial charge in [-0.25, -0.2) is 9.97 Å². The third-order valence-corrected chi connectivity index (χ3v) is 4.87. The van der Waals surface area contributed by atoms with Crippen molar-refractivity contribution in [2.45, 2.75) is 30.6 Å². The number of rotatable bonds is 0. The van der Waals surface area contributed by atoms with Crippen molar-refractivity contribution in [3.05, 3.63) is 53.1 Å². The molecule has 0 unspecified atom stereocenters. The van der Waals surface area contributed by atoms with Crippen LogP contribution in [0.25, 0.3) is 0 Å². The van der Waals surface area contributed by atoms with E-state index in [-0.39, 0.29) is 11.2 Å². The fourth-order valence-corrected chi connectivity index (χ4v) is 3.90. The molecule has 1 aromatic carbocycles. The predicted octanol–water partition coefficient (Wildman–Crippen LogP) is 3.52. The molecule has 0 spiro atoms. The molecule has 2 aromatic rings. The summed E-state index contributed by atoms with van der Waals surface area (Å²) >= 11 is 1.92. The Bertz CT molecular complexity index is 805. The highest BCUT2D eigenvalue weighted by molar-refractivity contribution is 7.99. The van der Waals surface area contributed by atoms with Crippen LogP contribution in [0, 0.1) is 23.2 Å². The molecule has 1 aliphatic rings. The normalized spacial score (nSPS) is 15.1. The second-order valence-electron chi connectivity index (χ2n) is 5.85. The van der Waals surface area contributed by atoms with Gasteiger partial charge in [-0.3, -0.25) is 0 Å². The fourth-order valence-electron chi connectivity index (χ4n) is 2.41. The molecule has 0 saturated carbocycles. The topological polar surface area (TPSA) is 49.6 Å². The lowest BCUT2D eigenvalue weighted by Gasteiger charge is -2.32. The van der Waals surface area contributed by atoms with Crippen LogP contribution in [0.5, 0.6) is 0 Å². The van der Waals surface area contributed by atoms with Gasteiger partial charge in [-0.15, -0.1) is 11.8 Å². The van der Waals surface area contributed by atoms with Crippen LogP contribution in [0.2, 0.25) is 0 Å². The molecule has 1 aromatic heterocycles. The fraction of sp³-hybridized carbons (Fsp3) is 0.278. The third-order valence-electron chi connectivity index (χ3n) is 3.80. The lowest BCUT2D eigenvalue weighted by atomic mass is 9.81. The Morgan fingerprint density at radius 2 is 1.86 bits per heavy atom. The van der Waals surface area contributed by atoms with E-state index in [2.05, 4.69) is 53.9 Å². The maximum Gasteiger partial charge on any atom is 0.232 e. The minimum Gasteiger partial charge on any atom is -0.226 e. The van der Waals surface area contributed by atoms with Crippen molar-refractivity contribution >= 4 is 11.8 Å². The van der Waals surface area contributed by atoms with E-state index < -0.39 is 0 Å². The summed E-state index contributed by atoms with van der Waals surface area (Å²) in [4.78, 5) is 9.21. The SMILES string of the molecule is CC1(C)CCSc2ccc(C#Cc3cnc(C#N)nc3)cc21. The summed E-state index contributed by atoms with van der Waals surface area (Å²) < 4.78 is 0. The second-order valence-corrected chi connectivity index (χ2v) is 6.99. The van der Waals surface area contributed by atoms with Gasteiger partial charge in [0.25, 0.3) is 0 Å². The van der Waals surface area contributed by atoms with Gasteiger partial charge in [0.15, 0.2) is 0 Å². The molecule has 0 aliphatic carbocycles. The van der Waals surface area contributed by atoms with Crippen molar-refractivity contribution in [3.8, 4) is 17.9 Å². The average molecular weight is 305 g/mol. The zero-order chi connectivity index (χ0) is 15.6. The first-order valence-corrected chi connectivity index (χ1v) is 8.08. The molecule has 3 nitrogen and oxygen atoms in total. The van der Waals surface area contributed by atoms with E-state index in [0.29, 0.717) is 5.56 Å². The predicted molar refractivity (Wildman–Crippen MR) is 87.5 cm³/mol. The van der Waals surface area contributed by atoms with E-state index in [1.54, 1.807) is 12.4 Å². The second kappa shape index (κ2) is 5.83. The molecule has 0 N–H and O–H groups in total. The Labute approximate surface area is 134 Å². The first-order chi connectivity index (χ1) is 10.6. The molecule has 4 heteroatoms. The highest BCUT2D eigenvalue weighted by Gasteiger charge is 2.27. The van der Waals surface area contributed by atoms with Crippen molar-refractivity contribution in [1.82, 2.24) is 9.97 Å². The summed E-state index contributed by atoms with van der Waals surface area (Å²) in [5, 5.41) is 8.68. The number of nitrogens with zero attached hydrogens (tertiary/aromatic N) is 3. The largest absolute Gasteiger partial charge is 0.232 e. The van der Waals surface area contributed by atoms with Crippen LogP contribution in [-0.2, 0) is 5.41 Å². The molecule has 0 amide bonds. The highest BCUT2D eigenvalue weighted by Crippen LogP contribution is 2.41.